The molecule has 43 heavy (non-hydrogen) atoms. The Hall–Kier alpha value is -4.05. The summed E-state index contributed by atoms with van der Waals surface area (Å²) in [6, 6.07) is 9.32. The molecule has 11 heteroatoms. The van der Waals surface area contributed by atoms with Crippen LogP contribution >= 0.6 is 11.6 Å². The first-order valence-corrected chi connectivity index (χ1v) is 14.7. The van der Waals surface area contributed by atoms with Crippen molar-refractivity contribution in [3.05, 3.63) is 75.2 Å². The molecule has 9 nitrogen and oxygen atoms in total. The summed E-state index contributed by atoms with van der Waals surface area (Å²) in [4.78, 5) is 44.6. The van der Waals surface area contributed by atoms with Crippen LogP contribution in [0.15, 0.2) is 47.4 Å². The van der Waals surface area contributed by atoms with Crippen LogP contribution in [-0.4, -0.2) is 61.8 Å². The fourth-order valence-corrected chi connectivity index (χ4v) is 5.65. The van der Waals surface area contributed by atoms with E-state index in [0.29, 0.717) is 58.5 Å². The zero-order chi connectivity index (χ0) is 31.2. The third kappa shape index (κ3) is 6.06. The van der Waals surface area contributed by atoms with E-state index in [1.165, 1.54) is 16.7 Å². The Balaban J connectivity index is 1.71. The Kier molecular flexibility index (Phi) is 8.17. The van der Waals surface area contributed by atoms with Gasteiger partial charge in [-0.15, -0.1) is 0 Å². The number of carbonyl (C=O) groups is 1. The lowest BCUT2D eigenvalue weighted by molar-refractivity contribution is 0.0218. The van der Waals surface area contributed by atoms with Gasteiger partial charge in [-0.05, 0) is 82.5 Å². The first kappa shape index (κ1) is 30.4. The largest absolute Gasteiger partial charge is 0.444 e. The van der Waals surface area contributed by atoms with E-state index in [9.17, 15) is 14.0 Å². The van der Waals surface area contributed by atoms with Crippen LogP contribution < -0.4 is 10.6 Å². The van der Waals surface area contributed by atoms with Crippen LogP contribution in [0.5, 0.6) is 0 Å². The molecule has 1 fully saturated rings. The summed E-state index contributed by atoms with van der Waals surface area (Å²) >= 11 is 6.83. The normalized spacial score (nSPS) is 15.8. The van der Waals surface area contributed by atoms with Gasteiger partial charge in [-0.3, -0.25) is 4.98 Å². The molecule has 0 bridgehead atoms. The van der Waals surface area contributed by atoms with Gasteiger partial charge in [0, 0.05) is 37.4 Å². The van der Waals surface area contributed by atoms with Crippen LogP contribution in [-0.2, 0) is 4.74 Å². The molecule has 0 aliphatic carbocycles. The number of piperazine rings is 1. The molecule has 4 heterocycles. The summed E-state index contributed by atoms with van der Waals surface area (Å²) in [5.41, 5.74) is 2.46. The van der Waals surface area contributed by atoms with Gasteiger partial charge >= 0.3 is 11.8 Å². The number of rotatable bonds is 4. The average molecular weight is 607 g/mol. The lowest BCUT2D eigenvalue weighted by Crippen LogP contribution is -2.55. The second kappa shape index (κ2) is 11.6. The van der Waals surface area contributed by atoms with E-state index in [-0.39, 0.29) is 23.9 Å². The predicted octanol–water partition coefficient (Wildman–Crippen LogP) is 6.51. The molecule has 1 aliphatic heterocycles. The molecule has 0 unspecified atom stereocenters. The van der Waals surface area contributed by atoms with E-state index >= 15 is 0 Å². The average Bonchev–Trinajstić information content (AvgIpc) is 2.92. The van der Waals surface area contributed by atoms with Crippen molar-refractivity contribution in [2.45, 2.75) is 66.0 Å². The fraction of sp³-hybridized carbons (Fsp3) is 0.406. The number of ether oxygens (including phenoxy) is 1. The number of fused-ring (bicyclic) bond motifs is 1. The third-order valence-electron chi connectivity index (χ3n) is 7.40. The van der Waals surface area contributed by atoms with Gasteiger partial charge in [-0.25, -0.2) is 23.5 Å². The molecular formula is C32H36ClFN6O3. The highest BCUT2D eigenvalue weighted by molar-refractivity contribution is 6.33. The molecule has 226 valence electrons. The number of amides is 1. The zero-order valence-corrected chi connectivity index (χ0v) is 26.2. The first-order valence-electron chi connectivity index (χ1n) is 14.3. The Bertz CT molecular complexity index is 1750. The van der Waals surface area contributed by atoms with Gasteiger partial charge in [0.1, 0.15) is 17.2 Å². The van der Waals surface area contributed by atoms with Gasteiger partial charge in [-0.2, -0.15) is 4.98 Å². The minimum atomic E-state index is -0.607. The molecule has 0 saturated carbocycles. The molecule has 1 saturated heterocycles. The van der Waals surface area contributed by atoms with Crippen LogP contribution in [0.25, 0.3) is 28.0 Å². The van der Waals surface area contributed by atoms with Crippen molar-refractivity contribution in [1.29, 1.82) is 0 Å². The highest BCUT2D eigenvalue weighted by Gasteiger charge is 2.32. The summed E-state index contributed by atoms with van der Waals surface area (Å²) in [5, 5.41) is 0.908. The number of anilines is 1. The number of halogens is 2. The van der Waals surface area contributed by atoms with Crippen molar-refractivity contribution in [2.24, 2.45) is 0 Å². The molecule has 1 atom stereocenters. The second-order valence-electron chi connectivity index (χ2n) is 12.2. The van der Waals surface area contributed by atoms with Crippen molar-refractivity contribution in [2.75, 3.05) is 24.5 Å². The smallest absolute Gasteiger partial charge is 0.410 e. The molecule has 0 radical (unpaired) electrons. The molecular weight excluding hydrogens is 571 g/mol. The predicted molar refractivity (Wildman–Crippen MR) is 167 cm³/mol. The number of nitrogens with zero attached hydrogens (tertiary/aromatic N) is 6. The van der Waals surface area contributed by atoms with Crippen LogP contribution in [0.2, 0.25) is 5.02 Å². The topological polar surface area (TPSA) is 93.5 Å². The molecule has 0 spiro atoms. The zero-order valence-electron chi connectivity index (χ0n) is 25.5. The van der Waals surface area contributed by atoms with Crippen LogP contribution in [0.4, 0.5) is 15.0 Å². The van der Waals surface area contributed by atoms with Gasteiger partial charge in [0.25, 0.3) is 0 Å². The maximum absolute atomic E-state index is 14.0. The molecule has 1 aliphatic rings. The van der Waals surface area contributed by atoms with Crippen molar-refractivity contribution in [3.8, 4) is 16.9 Å². The van der Waals surface area contributed by atoms with Gasteiger partial charge in [0.05, 0.1) is 27.5 Å². The van der Waals surface area contributed by atoms with E-state index in [1.807, 2.05) is 59.4 Å². The standard InChI is InChI=1S/C32H36ClFN6O3/c1-18(2)25-27(19(3)12-13-35-25)40-29-23(16-24(33)26(36-29)21-8-10-22(34)11-9-21)28(37-30(40)41)39-15-14-38(17-20(39)4)31(42)43-32(5,6)7/h8-13,16,18,20H,14-15,17H2,1-7H3/t20-/m0/s1. The lowest BCUT2D eigenvalue weighted by atomic mass is 10.0. The Morgan fingerprint density at radius 1 is 1.12 bits per heavy atom. The van der Waals surface area contributed by atoms with Crippen LogP contribution in [0.1, 0.15) is 58.7 Å². The minimum absolute atomic E-state index is 0.0151. The van der Waals surface area contributed by atoms with Crippen LogP contribution in [0, 0.1) is 12.7 Å². The number of hydrogen-bond acceptors (Lipinski definition) is 7. The number of aryl methyl sites for hydroxylation is 1. The number of hydrogen-bond donors (Lipinski definition) is 0. The number of carbonyl (C=O) groups excluding carboxylic acids is 1. The van der Waals surface area contributed by atoms with E-state index in [2.05, 4.69) is 9.97 Å². The van der Waals surface area contributed by atoms with Gasteiger partial charge in [0.2, 0.25) is 0 Å². The first-order chi connectivity index (χ1) is 20.2. The maximum atomic E-state index is 14.0. The minimum Gasteiger partial charge on any atom is -0.444 e. The van der Waals surface area contributed by atoms with E-state index in [0.717, 1.165) is 11.3 Å². The van der Waals surface area contributed by atoms with Crippen molar-refractivity contribution in [1.82, 2.24) is 24.4 Å². The molecule has 0 N–H and O–H groups in total. The van der Waals surface area contributed by atoms with Gasteiger partial charge in [-0.1, -0.05) is 25.4 Å². The summed E-state index contributed by atoms with van der Waals surface area (Å²) in [6.07, 6.45) is 1.35. The second-order valence-corrected chi connectivity index (χ2v) is 12.6. The summed E-state index contributed by atoms with van der Waals surface area (Å²) in [5.74, 6) is 0.0674. The lowest BCUT2D eigenvalue weighted by Gasteiger charge is -2.41. The summed E-state index contributed by atoms with van der Waals surface area (Å²) in [6.45, 7) is 14.6. The Morgan fingerprint density at radius 2 is 1.81 bits per heavy atom. The monoisotopic (exact) mass is 606 g/mol. The van der Waals surface area contributed by atoms with Gasteiger partial charge < -0.3 is 14.5 Å². The molecule has 1 amide bonds. The summed E-state index contributed by atoms with van der Waals surface area (Å²) < 4.78 is 20.8. The van der Waals surface area contributed by atoms with Gasteiger partial charge in [0.15, 0.2) is 5.65 Å². The van der Waals surface area contributed by atoms with Crippen molar-refractivity contribution in [3.63, 3.8) is 0 Å². The maximum Gasteiger partial charge on any atom is 0.410 e. The number of aromatic nitrogens is 4. The molecule has 5 rings (SSSR count). The molecule has 1 aromatic carbocycles. The quantitative estimate of drug-likeness (QED) is 0.261. The van der Waals surface area contributed by atoms with Crippen molar-refractivity contribution >= 4 is 34.5 Å². The SMILES string of the molecule is Cc1ccnc(C(C)C)c1-n1c(=O)nc(N2CCN(C(=O)OC(C)(C)C)C[C@@H]2C)c2cc(Cl)c(-c3ccc(F)cc3)nc21. The van der Waals surface area contributed by atoms with E-state index in [1.54, 1.807) is 29.3 Å². The molecule has 3 aromatic heterocycles. The number of pyridine rings is 2. The van der Waals surface area contributed by atoms with E-state index < -0.39 is 11.3 Å². The highest BCUT2D eigenvalue weighted by Crippen LogP contribution is 2.35. The highest BCUT2D eigenvalue weighted by atomic mass is 35.5. The molecule has 4 aromatic rings. The van der Waals surface area contributed by atoms with Crippen molar-refractivity contribution < 1.29 is 13.9 Å². The fourth-order valence-electron chi connectivity index (χ4n) is 5.39. The van der Waals surface area contributed by atoms with Crippen LogP contribution in [0.3, 0.4) is 0 Å². The third-order valence-corrected chi connectivity index (χ3v) is 7.68. The Morgan fingerprint density at radius 3 is 2.44 bits per heavy atom. The number of benzene rings is 1. The van der Waals surface area contributed by atoms with E-state index in [4.69, 9.17) is 21.3 Å². The Labute approximate surface area is 255 Å². The summed E-state index contributed by atoms with van der Waals surface area (Å²) in [7, 11) is 0.